The van der Waals surface area contributed by atoms with Gasteiger partial charge in [-0.05, 0) is 19.1 Å². The molecule has 1 unspecified atom stereocenters. The van der Waals surface area contributed by atoms with Gasteiger partial charge in [0.25, 0.3) is 0 Å². The Bertz CT molecular complexity index is 699. The maximum absolute atomic E-state index is 11.7. The zero-order chi connectivity index (χ0) is 14.2. The van der Waals surface area contributed by atoms with Crippen LogP contribution in [0.3, 0.4) is 0 Å². The number of sulfone groups is 1. The zero-order valence-electron chi connectivity index (χ0n) is 10.9. The van der Waals surface area contributed by atoms with E-state index in [1.54, 1.807) is 13.1 Å². The lowest BCUT2D eigenvalue weighted by Gasteiger charge is -2.29. The van der Waals surface area contributed by atoms with E-state index in [1.165, 1.54) is 11.3 Å². The van der Waals surface area contributed by atoms with Crippen LogP contribution in [0.25, 0.3) is 10.7 Å². The molecule has 0 bridgehead atoms. The Morgan fingerprint density at radius 1 is 1.35 bits per heavy atom. The molecule has 1 aliphatic heterocycles. The van der Waals surface area contributed by atoms with Crippen LogP contribution in [0.5, 0.6) is 0 Å². The van der Waals surface area contributed by atoms with E-state index in [4.69, 9.17) is 0 Å². The average molecular weight is 310 g/mol. The quantitative estimate of drug-likeness (QED) is 0.830. The first-order valence-electron chi connectivity index (χ1n) is 6.28. The Morgan fingerprint density at radius 3 is 2.90 bits per heavy atom. The van der Waals surface area contributed by atoms with E-state index in [0.717, 1.165) is 15.8 Å². The molecule has 0 amide bonds. The second-order valence-corrected chi connectivity index (χ2v) is 8.22. The topological polar surface area (TPSA) is 76.1 Å². The summed E-state index contributed by atoms with van der Waals surface area (Å²) >= 11 is 1.44. The molecule has 0 saturated carbocycles. The number of hydrogen-bond donors (Lipinski definition) is 0. The molecule has 3 heterocycles. The van der Waals surface area contributed by atoms with Crippen LogP contribution < -0.4 is 4.90 Å². The standard InChI is InChI=1S/C12H14N4O2S2/c1-9-8-16(6-7-20(9,17)18)12-15-14-11(19-12)10-4-2-3-5-13-10/h2-5,9H,6-8H2,1H3. The molecule has 3 rings (SSSR count). The van der Waals surface area contributed by atoms with Gasteiger partial charge in [0, 0.05) is 19.3 Å². The summed E-state index contributed by atoms with van der Waals surface area (Å²) in [7, 11) is -2.95. The predicted octanol–water partition coefficient (Wildman–Crippen LogP) is 1.22. The lowest BCUT2D eigenvalue weighted by atomic mass is 10.4. The number of pyridine rings is 1. The van der Waals surface area contributed by atoms with E-state index in [0.29, 0.717) is 13.1 Å². The van der Waals surface area contributed by atoms with E-state index in [-0.39, 0.29) is 11.0 Å². The van der Waals surface area contributed by atoms with E-state index in [9.17, 15) is 8.42 Å². The van der Waals surface area contributed by atoms with Gasteiger partial charge in [-0.1, -0.05) is 17.4 Å². The molecule has 2 aromatic rings. The first kappa shape index (κ1) is 13.4. The molecule has 0 aromatic carbocycles. The number of anilines is 1. The maximum atomic E-state index is 11.7. The fourth-order valence-corrected chi connectivity index (χ4v) is 4.20. The number of nitrogens with zero attached hydrogens (tertiary/aromatic N) is 4. The van der Waals surface area contributed by atoms with Crippen LogP contribution in [-0.4, -0.2) is 47.7 Å². The molecule has 1 atom stereocenters. The highest BCUT2D eigenvalue weighted by atomic mass is 32.2. The van der Waals surface area contributed by atoms with Crippen molar-refractivity contribution in [1.29, 1.82) is 0 Å². The minimum Gasteiger partial charge on any atom is -0.344 e. The van der Waals surface area contributed by atoms with Gasteiger partial charge in [0.05, 0.1) is 11.0 Å². The fraction of sp³-hybridized carbons (Fsp3) is 0.417. The fourth-order valence-electron chi connectivity index (χ4n) is 2.06. The second-order valence-electron chi connectivity index (χ2n) is 4.73. The van der Waals surface area contributed by atoms with Gasteiger partial charge in [-0.3, -0.25) is 4.98 Å². The zero-order valence-corrected chi connectivity index (χ0v) is 12.6. The van der Waals surface area contributed by atoms with Crippen molar-refractivity contribution in [3.8, 4) is 10.7 Å². The van der Waals surface area contributed by atoms with Crippen molar-refractivity contribution in [2.75, 3.05) is 23.7 Å². The Balaban J connectivity index is 1.82. The third-order valence-electron chi connectivity index (χ3n) is 3.31. The molecule has 8 heteroatoms. The van der Waals surface area contributed by atoms with Gasteiger partial charge in [0.15, 0.2) is 14.8 Å². The molecule has 6 nitrogen and oxygen atoms in total. The van der Waals surface area contributed by atoms with Crippen LogP contribution >= 0.6 is 11.3 Å². The molecule has 20 heavy (non-hydrogen) atoms. The van der Waals surface area contributed by atoms with Crippen molar-refractivity contribution in [3.63, 3.8) is 0 Å². The molecule has 0 N–H and O–H groups in total. The third kappa shape index (κ3) is 2.53. The highest BCUT2D eigenvalue weighted by Gasteiger charge is 2.30. The van der Waals surface area contributed by atoms with E-state index in [2.05, 4.69) is 15.2 Å². The summed E-state index contributed by atoms with van der Waals surface area (Å²) in [4.78, 5) is 6.22. The molecular formula is C12H14N4O2S2. The first-order chi connectivity index (χ1) is 9.56. The normalized spacial score (nSPS) is 21.9. The Morgan fingerprint density at radius 2 is 2.20 bits per heavy atom. The van der Waals surface area contributed by atoms with Gasteiger partial charge in [-0.2, -0.15) is 0 Å². The summed E-state index contributed by atoms with van der Waals surface area (Å²) in [5.41, 5.74) is 0.786. The minimum atomic E-state index is -2.95. The molecule has 2 aromatic heterocycles. The average Bonchev–Trinajstić information content (AvgIpc) is 2.93. The Hall–Kier alpha value is -1.54. The molecule has 1 aliphatic rings. The monoisotopic (exact) mass is 310 g/mol. The molecule has 0 spiro atoms. The van der Waals surface area contributed by atoms with Crippen LogP contribution in [0.15, 0.2) is 24.4 Å². The van der Waals surface area contributed by atoms with Gasteiger partial charge >= 0.3 is 0 Å². The molecule has 1 saturated heterocycles. The summed E-state index contributed by atoms with van der Waals surface area (Å²) in [6.45, 7) is 2.69. The molecule has 1 fully saturated rings. The van der Waals surface area contributed by atoms with Crippen molar-refractivity contribution in [2.24, 2.45) is 0 Å². The largest absolute Gasteiger partial charge is 0.344 e. The summed E-state index contributed by atoms with van der Waals surface area (Å²) < 4.78 is 23.4. The van der Waals surface area contributed by atoms with Gasteiger partial charge < -0.3 is 4.90 Å². The number of rotatable bonds is 2. The second kappa shape index (κ2) is 5.10. The maximum Gasteiger partial charge on any atom is 0.208 e. The number of hydrogen-bond acceptors (Lipinski definition) is 7. The van der Waals surface area contributed by atoms with Crippen LogP contribution in [0, 0.1) is 0 Å². The van der Waals surface area contributed by atoms with Crippen LogP contribution in [-0.2, 0) is 9.84 Å². The highest BCUT2D eigenvalue weighted by Crippen LogP contribution is 2.29. The summed E-state index contributed by atoms with van der Waals surface area (Å²) in [6.07, 6.45) is 1.71. The van der Waals surface area contributed by atoms with Crippen molar-refractivity contribution in [3.05, 3.63) is 24.4 Å². The summed E-state index contributed by atoms with van der Waals surface area (Å²) in [6, 6.07) is 5.63. The number of aromatic nitrogens is 3. The predicted molar refractivity (Wildman–Crippen MR) is 78.6 cm³/mol. The molecule has 106 valence electrons. The smallest absolute Gasteiger partial charge is 0.208 e. The molecule has 0 aliphatic carbocycles. The van der Waals surface area contributed by atoms with Gasteiger partial charge in [0.1, 0.15) is 5.69 Å². The highest BCUT2D eigenvalue weighted by molar-refractivity contribution is 7.92. The van der Waals surface area contributed by atoms with Crippen molar-refractivity contribution in [2.45, 2.75) is 12.2 Å². The van der Waals surface area contributed by atoms with Crippen molar-refractivity contribution in [1.82, 2.24) is 15.2 Å². The first-order valence-corrected chi connectivity index (χ1v) is 8.81. The third-order valence-corrected chi connectivity index (χ3v) is 6.44. The molecular weight excluding hydrogens is 296 g/mol. The SMILES string of the molecule is CC1CN(c2nnc(-c3ccccn3)s2)CCS1(=O)=O. The van der Waals surface area contributed by atoms with Gasteiger partial charge in [-0.15, -0.1) is 10.2 Å². The van der Waals surface area contributed by atoms with Crippen molar-refractivity contribution >= 4 is 26.3 Å². The van der Waals surface area contributed by atoms with Crippen LogP contribution in [0.2, 0.25) is 0 Å². The van der Waals surface area contributed by atoms with E-state index < -0.39 is 9.84 Å². The van der Waals surface area contributed by atoms with Crippen LogP contribution in [0.4, 0.5) is 5.13 Å². The van der Waals surface area contributed by atoms with E-state index in [1.807, 2.05) is 23.1 Å². The Labute approximate surface area is 121 Å². The van der Waals surface area contributed by atoms with Crippen molar-refractivity contribution < 1.29 is 8.42 Å². The summed E-state index contributed by atoms with van der Waals surface area (Å²) in [5, 5.41) is 9.44. The Kier molecular flexibility index (Phi) is 3.43. The lowest BCUT2D eigenvalue weighted by molar-refractivity contribution is 0.569. The van der Waals surface area contributed by atoms with Gasteiger partial charge in [-0.25, -0.2) is 8.42 Å². The van der Waals surface area contributed by atoms with Gasteiger partial charge in [0.2, 0.25) is 5.13 Å². The van der Waals surface area contributed by atoms with E-state index >= 15 is 0 Å². The summed E-state index contributed by atoms with van der Waals surface area (Å²) in [5.74, 6) is 0.173. The van der Waals surface area contributed by atoms with Crippen LogP contribution in [0.1, 0.15) is 6.92 Å². The molecule has 0 radical (unpaired) electrons. The lowest BCUT2D eigenvalue weighted by Crippen LogP contribution is -2.45. The minimum absolute atomic E-state index is 0.173.